The highest BCUT2D eigenvalue weighted by molar-refractivity contribution is 7.07. The van der Waals surface area contributed by atoms with E-state index in [0.29, 0.717) is 21.8 Å². The summed E-state index contributed by atoms with van der Waals surface area (Å²) in [7, 11) is 3.12. The number of nitro groups is 1. The van der Waals surface area contributed by atoms with E-state index in [1.54, 1.807) is 42.2 Å². The molecule has 1 aromatic heterocycles. The molecule has 2 aromatic carbocycles. The third-order valence-electron chi connectivity index (χ3n) is 3.76. The lowest BCUT2D eigenvalue weighted by molar-refractivity contribution is -0.384. The van der Waals surface area contributed by atoms with E-state index in [1.807, 2.05) is 5.38 Å². The molecule has 0 aliphatic carbocycles. The number of hydrogen-bond acceptors (Lipinski definition) is 7. The Bertz CT molecular complexity index is 1080. The van der Waals surface area contributed by atoms with Crippen molar-refractivity contribution in [3.05, 3.63) is 68.3 Å². The Balaban J connectivity index is 2.05. The molecule has 0 spiro atoms. The zero-order valence-electron chi connectivity index (χ0n) is 14.6. The summed E-state index contributed by atoms with van der Waals surface area (Å²) in [6.07, 6.45) is 1.60. The summed E-state index contributed by atoms with van der Waals surface area (Å²) in [6.45, 7) is 0. The molecule has 0 atom stereocenters. The molecule has 0 radical (unpaired) electrons. The van der Waals surface area contributed by atoms with Crippen LogP contribution in [0.15, 0.2) is 57.9 Å². The van der Waals surface area contributed by atoms with Gasteiger partial charge in [-0.25, -0.2) is 4.68 Å². The molecule has 0 aliphatic heterocycles. The highest BCUT2D eigenvalue weighted by atomic mass is 32.1. The normalized spacial score (nSPS) is 11.9. The molecule has 27 heavy (non-hydrogen) atoms. The number of aromatic nitrogens is 1. The van der Waals surface area contributed by atoms with E-state index < -0.39 is 4.92 Å². The number of hydrogen-bond donors (Lipinski definition) is 1. The van der Waals surface area contributed by atoms with Gasteiger partial charge in [0.25, 0.3) is 5.69 Å². The molecule has 8 nitrogen and oxygen atoms in total. The number of non-ortho nitro benzene ring substituents is 1. The molecular weight excluding hydrogens is 368 g/mol. The standard InChI is InChI=1S/C18H16N4O4S/c1-19-18-21(20-10-12-6-7-16(23)17(8-12)26-2)15(11-27-18)13-4-3-5-14(9-13)22(24)25/h3-11,23H,1-2H3/b19-18?,20-10+. The number of phenolic OH excluding ortho intramolecular Hbond substituents is 1. The molecule has 0 fully saturated rings. The second-order valence-corrected chi connectivity index (χ2v) is 6.26. The lowest BCUT2D eigenvalue weighted by atomic mass is 10.1. The Kier molecular flexibility index (Phi) is 5.32. The maximum Gasteiger partial charge on any atom is 0.270 e. The number of nitrogens with zero attached hydrogens (tertiary/aromatic N) is 4. The van der Waals surface area contributed by atoms with Gasteiger partial charge in [0, 0.05) is 30.1 Å². The van der Waals surface area contributed by atoms with Crippen LogP contribution in [0.1, 0.15) is 5.56 Å². The molecule has 0 aliphatic rings. The lowest BCUT2D eigenvalue weighted by Crippen LogP contribution is -2.11. The van der Waals surface area contributed by atoms with Crippen LogP contribution in [-0.4, -0.2) is 35.1 Å². The summed E-state index contributed by atoms with van der Waals surface area (Å²) in [4.78, 5) is 15.5. The average molecular weight is 384 g/mol. The van der Waals surface area contributed by atoms with Crippen molar-refractivity contribution in [2.45, 2.75) is 0 Å². The fourth-order valence-electron chi connectivity index (χ4n) is 2.44. The van der Waals surface area contributed by atoms with Crippen LogP contribution in [0.2, 0.25) is 0 Å². The van der Waals surface area contributed by atoms with Gasteiger partial charge in [-0.3, -0.25) is 15.1 Å². The van der Waals surface area contributed by atoms with Crippen LogP contribution in [-0.2, 0) is 0 Å². The van der Waals surface area contributed by atoms with Crippen molar-refractivity contribution in [3.8, 4) is 22.8 Å². The predicted octanol–water partition coefficient (Wildman–Crippen LogP) is 3.25. The average Bonchev–Trinajstić information content (AvgIpc) is 3.10. The number of benzene rings is 2. The van der Waals surface area contributed by atoms with Gasteiger partial charge in [-0.15, -0.1) is 11.3 Å². The van der Waals surface area contributed by atoms with Crippen LogP contribution < -0.4 is 9.54 Å². The number of phenols is 1. The summed E-state index contributed by atoms with van der Waals surface area (Å²) >= 11 is 1.38. The number of rotatable bonds is 5. The Morgan fingerprint density at radius 1 is 1.30 bits per heavy atom. The van der Waals surface area contributed by atoms with Crippen LogP contribution in [0, 0.1) is 10.1 Å². The minimum atomic E-state index is -0.433. The molecule has 0 amide bonds. The van der Waals surface area contributed by atoms with Gasteiger partial charge in [-0.2, -0.15) is 5.10 Å². The van der Waals surface area contributed by atoms with Crippen molar-refractivity contribution in [3.63, 3.8) is 0 Å². The Labute approximate surface area is 158 Å². The van der Waals surface area contributed by atoms with Gasteiger partial charge >= 0.3 is 0 Å². The number of methoxy groups -OCH3 is 1. The van der Waals surface area contributed by atoms with Crippen molar-refractivity contribution in [1.29, 1.82) is 0 Å². The zero-order valence-corrected chi connectivity index (χ0v) is 15.4. The minimum Gasteiger partial charge on any atom is -0.504 e. The van der Waals surface area contributed by atoms with Crippen molar-refractivity contribution < 1.29 is 14.8 Å². The number of thiazole rings is 1. The van der Waals surface area contributed by atoms with Gasteiger partial charge in [-0.1, -0.05) is 12.1 Å². The fourth-order valence-corrected chi connectivity index (χ4v) is 3.24. The second-order valence-electron chi connectivity index (χ2n) is 5.42. The Hall–Kier alpha value is -3.46. The maximum atomic E-state index is 11.1. The van der Waals surface area contributed by atoms with Crippen molar-refractivity contribution >= 4 is 23.2 Å². The van der Waals surface area contributed by atoms with Gasteiger partial charge < -0.3 is 9.84 Å². The highest BCUT2D eigenvalue weighted by Gasteiger charge is 2.12. The molecule has 0 bridgehead atoms. The van der Waals surface area contributed by atoms with Crippen LogP contribution in [0.5, 0.6) is 11.5 Å². The van der Waals surface area contributed by atoms with E-state index in [0.717, 1.165) is 5.56 Å². The van der Waals surface area contributed by atoms with Crippen molar-refractivity contribution in [2.24, 2.45) is 10.1 Å². The van der Waals surface area contributed by atoms with E-state index in [9.17, 15) is 15.2 Å². The van der Waals surface area contributed by atoms with Crippen LogP contribution in [0.25, 0.3) is 11.3 Å². The summed E-state index contributed by atoms with van der Waals surface area (Å²) in [5.74, 6) is 0.382. The van der Waals surface area contributed by atoms with E-state index in [2.05, 4.69) is 10.1 Å². The van der Waals surface area contributed by atoms with E-state index in [1.165, 1.54) is 36.6 Å². The molecule has 0 saturated heterocycles. The molecule has 9 heteroatoms. The molecular formula is C18H16N4O4S. The number of nitro benzene ring substituents is 1. The monoisotopic (exact) mass is 384 g/mol. The molecule has 138 valence electrons. The van der Waals surface area contributed by atoms with Crippen LogP contribution >= 0.6 is 11.3 Å². The number of ether oxygens (including phenoxy) is 1. The maximum absolute atomic E-state index is 11.1. The van der Waals surface area contributed by atoms with Crippen molar-refractivity contribution in [1.82, 2.24) is 4.68 Å². The summed E-state index contributed by atoms with van der Waals surface area (Å²) in [6, 6.07) is 11.2. The highest BCUT2D eigenvalue weighted by Crippen LogP contribution is 2.26. The first kappa shape index (κ1) is 18.3. The van der Waals surface area contributed by atoms with Gasteiger partial charge in [0.05, 0.1) is 23.9 Å². The first-order valence-corrected chi connectivity index (χ1v) is 8.71. The molecule has 3 aromatic rings. The van der Waals surface area contributed by atoms with Gasteiger partial charge in [0.15, 0.2) is 11.5 Å². The first-order chi connectivity index (χ1) is 13.0. The van der Waals surface area contributed by atoms with E-state index >= 15 is 0 Å². The third-order valence-corrected chi connectivity index (χ3v) is 4.66. The summed E-state index contributed by atoms with van der Waals surface area (Å²) in [5, 5.41) is 27.0. The van der Waals surface area contributed by atoms with E-state index in [4.69, 9.17) is 4.74 Å². The zero-order chi connectivity index (χ0) is 19.4. The quantitative estimate of drug-likeness (QED) is 0.414. The predicted molar refractivity (Wildman–Crippen MR) is 104 cm³/mol. The van der Waals surface area contributed by atoms with E-state index in [-0.39, 0.29) is 11.4 Å². The van der Waals surface area contributed by atoms with Gasteiger partial charge in [-0.05, 0) is 23.8 Å². The summed E-state index contributed by atoms with van der Waals surface area (Å²) in [5.41, 5.74) is 2.07. The molecule has 0 saturated carbocycles. The number of aromatic hydroxyl groups is 1. The van der Waals surface area contributed by atoms with Crippen LogP contribution in [0.4, 0.5) is 5.69 Å². The SMILES string of the molecule is CN=c1scc(-c2cccc([N+](=O)[O-])c2)n1/N=C/c1ccc(O)c(OC)c1. The lowest BCUT2D eigenvalue weighted by Gasteiger charge is -2.05. The van der Waals surface area contributed by atoms with Crippen molar-refractivity contribution in [2.75, 3.05) is 14.2 Å². The summed E-state index contributed by atoms with van der Waals surface area (Å²) < 4.78 is 6.71. The largest absolute Gasteiger partial charge is 0.504 e. The molecule has 1 N–H and O–H groups in total. The third kappa shape index (κ3) is 3.87. The van der Waals surface area contributed by atoms with Gasteiger partial charge in [0.2, 0.25) is 4.80 Å². The Morgan fingerprint density at radius 3 is 2.81 bits per heavy atom. The van der Waals surface area contributed by atoms with Gasteiger partial charge in [0.1, 0.15) is 0 Å². The topological polar surface area (TPSA) is 102 Å². The van der Waals surface area contributed by atoms with Crippen LogP contribution in [0.3, 0.4) is 0 Å². The minimum absolute atomic E-state index is 0.00693. The smallest absolute Gasteiger partial charge is 0.270 e. The fraction of sp³-hybridized carbons (Fsp3) is 0.111. The molecule has 1 heterocycles. The molecule has 0 unspecified atom stereocenters. The second kappa shape index (κ2) is 7.83. The Morgan fingerprint density at radius 2 is 2.11 bits per heavy atom. The first-order valence-electron chi connectivity index (χ1n) is 7.83. The molecule has 3 rings (SSSR count).